The van der Waals surface area contributed by atoms with Crippen molar-refractivity contribution in [2.75, 3.05) is 23.7 Å². The number of aryl methyl sites for hydroxylation is 1. The van der Waals surface area contributed by atoms with E-state index in [1.165, 1.54) is 11.8 Å². The van der Waals surface area contributed by atoms with Crippen LogP contribution in [0.4, 0.5) is 11.5 Å². The number of hydrogen-bond acceptors (Lipinski definition) is 5. The van der Waals surface area contributed by atoms with Gasteiger partial charge in [-0.3, -0.25) is 14.3 Å². The number of pyridine rings is 1. The second-order valence-electron chi connectivity index (χ2n) is 10.4. The molecule has 0 saturated carbocycles. The summed E-state index contributed by atoms with van der Waals surface area (Å²) in [7, 11) is 1.94. The molecule has 0 atom stereocenters. The molecular formula is C31H33ClN6O2. The minimum Gasteiger partial charge on any atom is -0.368 e. The lowest BCUT2D eigenvalue weighted by atomic mass is 9.88. The zero-order chi connectivity index (χ0) is 28.2. The molecule has 1 fully saturated rings. The number of benzene rings is 2. The standard InChI is InChI=1S/C31H33ClN6O2/c1-20(2)35-29-11-9-25(19-33-29)30(39)36-27-18-24(8-10-26(27)32)31(40)38-16-13-22(14-17-38)21-4-6-23(7-5-21)28-12-15-34-37(28)3/h4-12,15,18-20,22H,13-14,16-17H2,1-3H3,(H,33,35)(H,36,39). The van der Waals surface area contributed by atoms with E-state index < -0.39 is 0 Å². The van der Waals surface area contributed by atoms with Crippen LogP contribution >= 0.6 is 11.6 Å². The number of hydrogen-bond donors (Lipinski definition) is 2. The second kappa shape index (κ2) is 11.9. The maximum atomic E-state index is 13.3. The van der Waals surface area contributed by atoms with Crippen molar-refractivity contribution in [3.05, 3.63) is 94.8 Å². The number of anilines is 2. The Labute approximate surface area is 239 Å². The number of piperidine rings is 1. The summed E-state index contributed by atoms with van der Waals surface area (Å²) in [6, 6.07) is 19.3. The molecule has 5 rings (SSSR count). The van der Waals surface area contributed by atoms with Crippen molar-refractivity contribution in [3.8, 4) is 11.3 Å². The quantitative estimate of drug-likeness (QED) is 0.281. The lowest BCUT2D eigenvalue weighted by molar-refractivity contribution is 0.0712. The second-order valence-corrected chi connectivity index (χ2v) is 10.8. The van der Waals surface area contributed by atoms with Crippen LogP contribution in [0.3, 0.4) is 0 Å². The zero-order valence-corrected chi connectivity index (χ0v) is 23.7. The predicted molar refractivity (Wildman–Crippen MR) is 159 cm³/mol. The molecule has 1 aliphatic heterocycles. The summed E-state index contributed by atoms with van der Waals surface area (Å²) in [6.07, 6.45) is 5.10. The summed E-state index contributed by atoms with van der Waals surface area (Å²) in [5, 5.41) is 10.6. The third kappa shape index (κ3) is 6.18. The molecule has 4 aromatic rings. The maximum Gasteiger partial charge on any atom is 0.257 e. The van der Waals surface area contributed by atoms with E-state index in [1.54, 1.807) is 36.5 Å². The summed E-state index contributed by atoms with van der Waals surface area (Å²) in [5.74, 6) is 0.691. The summed E-state index contributed by atoms with van der Waals surface area (Å²) in [6.45, 7) is 5.37. The van der Waals surface area contributed by atoms with Gasteiger partial charge in [-0.05, 0) is 80.1 Å². The molecular weight excluding hydrogens is 524 g/mol. The third-order valence-electron chi connectivity index (χ3n) is 7.20. The SMILES string of the molecule is CC(C)Nc1ccc(C(=O)Nc2cc(C(=O)N3CCC(c4ccc(-c5ccnn5C)cc4)CC3)ccc2Cl)cn1. The van der Waals surface area contributed by atoms with E-state index in [4.69, 9.17) is 11.6 Å². The number of nitrogens with zero attached hydrogens (tertiary/aromatic N) is 4. The maximum absolute atomic E-state index is 13.3. The van der Waals surface area contributed by atoms with Crippen LogP contribution in [0, 0.1) is 0 Å². The molecule has 2 amide bonds. The van der Waals surface area contributed by atoms with Gasteiger partial charge in [-0.1, -0.05) is 35.9 Å². The van der Waals surface area contributed by atoms with Gasteiger partial charge in [0.1, 0.15) is 5.82 Å². The molecule has 206 valence electrons. The molecule has 2 aromatic heterocycles. The first kappa shape index (κ1) is 27.4. The smallest absolute Gasteiger partial charge is 0.257 e. The normalized spacial score (nSPS) is 13.9. The largest absolute Gasteiger partial charge is 0.368 e. The monoisotopic (exact) mass is 556 g/mol. The lowest BCUT2D eigenvalue weighted by Crippen LogP contribution is -2.38. The van der Waals surface area contributed by atoms with Crippen LogP contribution in [0.2, 0.25) is 5.02 Å². The van der Waals surface area contributed by atoms with E-state index in [9.17, 15) is 9.59 Å². The fraction of sp³-hybridized carbons (Fsp3) is 0.290. The van der Waals surface area contributed by atoms with E-state index >= 15 is 0 Å². The average Bonchev–Trinajstić information content (AvgIpc) is 3.40. The Morgan fingerprint density at radius 3 is 2.33 bits per heavy atom. The van der Waals surface area contributed by atoms with Crippen molar-refractivity contribution in [2.24, 2.45) is 7.05 Å². The van der Waals surface area contributed by atoms with Crippen molar-refractivity contribution in [3.63, 3.8) is 0 Å². The molecule has 0 radical (unpaired) electrons. The summed E-state index contributed by atoms with van der Waals surface area (Å²) in [5.41, 5.74) is 4.80. The minimum atomic E-state index is -0.342. The molecule has 0 bridgehead atoms. The van der Waals surface area contributed by atoms with E-state index in [0.29, 0.717) is 46.7 Å². The van der Waals surface area contributed by atoms with Crippen LogP contribution in [0.15, 0.2) is 73.1 Å². The molecule has 1 aliphatic rings. The van der Waals surface area contributed by atoms with Gasteiger partial charge >= 0.3 is 0 Å². The molecule has 2 N–H and O–H groups in total. The van der Waals surface area contributed by atoms with Crippen molar-refractivity contribution < 1.29 is 9.59 Å². The van der Waals surface area contributed by atoms with Gasteiger partial charge in [0.2, 0.25) is 0 Å². The van der Waals surface area contributed by atoms with Gasteiger partial charge < -0.3 is 15.5 Å². The summed E-state index contributed by atoms with van der Waals surface area (Å²) < 4.78 is 1.87. The zero-order valence-electron chi connectivity index (χ0n) is 22.9. The summed E-state index contributed by atoms with van der Waals surface area (Å²) in [4.78, 5) is 32.3. The van der Waals surface area contributed by atoms with Crippen molar-refractivity contribution in [1.82, 2.24) is 19.7 Å². The molecule has 3 heterocycles. The highest BCUT2D eigenvalue weighted by Gasteiger charge is 2.25. The van der Waals surface area contributed by atoms with Crippen LogP contribution < -0.4 is 10.6 Å². The molecule has 0 spiro atoms. The van der Waals surface area contributed by atoms with Crippen molar-refractivity contribution in [2.45, 2.75) is 38.6 Å². The van der Waals surface area contributed by atoms with E-state index in [1.807, 2.05) is 36.5 Å². The van der Waals surface area contributed by atoms with Gasteiger partial charge in [0.15, 0.2) is 0 Å². The van der Waals surface area contributed by atoms with E-state index in [-0.39, 0.29) is 17.9 Å². The Morgan fingerprint density at radius 1 is 0.975 bits per heavy atom. The average molecular weight is 557 g/mol. The number of nitrogens with one attached hydrogen (secondary N) is 2. The number of aromatic nitrogens is 3. The minimum absolute atomic E-state index is 0.0667. The first-order valence-corrected chi connectivity index (χ1v) is 13.9. The fourth-order valence-corrected chi connectivity index (χ4v) is 5.20. The van der Waals surface area contributed by atoms with E-state index in [2.05, 4.69) is 45.0 Å². The Kier molecular flexibility index (Phi) is 8.16. The van der Waals surface area contributed by atoms with Crippen LogP contribution in [-0.2, 0) is 7.05 Å². The number of carbonyl (C=O) groups excluding carboxylic acids is 2. The van der Waals surface area contributed by atoms with Crippen LogP contribution in [0.1, 0.15) is 58.9 Å². The van der Waals surface area contributed by atoms with Gasteiger partial charge in [-0.2, -0.15) is 5.10 Å². The Bertz CT molecular complexity index is 1490. The van der Waals surface area contributed by atoms with Gasteiger partial charge in [0.05, 0.1) is 22.0 Å². The molecule has 8 nitrogen and oxygen atoms in total. The number of rotatable bonds is 7. The number of carbonyl (C=O) groups is 2. The lowest BCUT2D eigenvalue weighted by Gasteiger charge is -2.32. The highest BCUT2D eigenvalue weighted by molar-refractivity contribution is 6.34. The van der Waals surface area contributed by atoms with Crippen molar-refractivity contribution >= 4 is 34.9 Å². The molecule has 40 heavy (non-hydrogen) atoms. The van der Waals surface area contributed by atoms with Gasteiger partial charge in [0.25, 0.3) is 11.8 Å². The first-order valence-electron chi connectivity index (χ1n) is 13.5. The van der Waals surface area contributed by atoms with Gasteiger partial charge in [-0.15, -0.1) is 0 Å². The Morgan fingerprint density at radius 2 is 1.70 bits per heavy atom. The Balaban J connectivity index is 1.20. The van der Waals surface area contributed by atoms with Gasteiger partial charge in [-0.25, -0.2) is 4.98 Å². The number of amides is 2. The number of halogens is 1. The number of likely N-dealkylation sites (tertiary alicyclic amines) is 1. The molecule has 0 aliphatic carbocycles. The van der Waals surface area contributed by atoms with Gasteiger partial charge in [0, 0.05) is 44.1 Å². The first-order chi connectivity index (χ1) is 19.3. The molecule has 2 aromatic carbocycles. The van der Waals surface area contributed by atoms with Crippen molar-refractivity contribution in [1.29, 1.82) is 0 Å². The topological polar surface area (TPSA) is 92.2 Å². The highest BCUT2D eigenvalue weighted by atomic mass is 35.5. The van der Waals surface area contributed by atoms with E-state index in [0.717, 1.165) is 24.1 Å². The van der Waals surface area contributed by atoms with Crippen LogP contribution in [0.5, 0.6) is 0 Å². The fourth-order valence-electron chi connectivity index (χ4n) is 5.04. The third-order valence-corrected chi connectivity index (χ3v) is 7.53. The highest BCUT2D eigenvalue weighted by Crippen LogP contribution is 2.31. The molecule has 1 saturated heterocycles. The summed E-state index contributed by atoms with van der Waals surface area (Å²) >= 11 is 6.37. The van der Waals surface area contributed by atoms with Crippen LogP contribution in [-0.4, -0.2) is 50.6 Å². The Hall–Kier alpha value is -4.17. The molecule has 0 unspecified atom stereocenters. The van der Waals surface area contributed by atoms with Crippen LogP contribution in [0.25, 0.3) is 11.3 Å². The molecule has 9 heteroatoms. The predicted octanol–water partition coefficient (Wildman–Crippen LogP) is 6.23.